The number of carbonyl (C=O) groups excluding carboxylic acids is 1. The van der Waals surface area contributed by atoms with Gasteiger partial charge >= 0.3 is 13.7 Å². The second kappa shape index (κ2) is 10.8. The third-order valence-electron chi connectivity index (χ3n) is 3.68. The van der Waals surface area contributed by atoms with E-state index in [9.17, 15) is 9.36 Å². The van der Waals surface area contributed by atoms with Gasteiger partial charge in [0, 0.05) is 5.02 Å². The van der Waals surface area contributed by atoms with E-state index in [4.69, 9.17) is 25.4 Å². The molecule has 2 rings (SSSR count). The summed E-state index contributed by atoms with van der Waals surface area (Å²) in [4.78, 5) is 12.5. The second-order valence-corrected chi connectivity index (χ2v) is 9.46. The number of amides is 1. The highest BCUT2D eigenvalue weighted by Gasteiger charge is 2.40. The summed E-state index contributed by atoms with van der Waals surface area (Å²) in [6.45, 7) is 7.10. The SMILES string of the molecule is CC(C)OP(=O)(OC(C)C)C(NC(=O)OCc1ccccc1)c1ccc(Cl)cc1. The third-order valence-corrected chi connectivity index (χ3v) is 6.43. The van der Waals surface area contributed by atoms with Gasteiger partial charge in [-0.2, -0.15) is 0 Å². The van der Waals surface area contributed by atoms with E-state index in [-0.39, 0.29) is 18.8 Å². The molecule has 29 heavy (non-hydrogen) atoms. The van der Waals surface area contributed by atoms with E-state index in [1.165, 1.54) is 0 Å². The molecule has 0 aliphatic heterocycles. The van der Waals surface area contributed by atoms with Gasteiger partial charge in [0.15, 0.2) is 5.78 Å². The largest absolute Gasteiger partial charge is 0.445 e. The number of halogens is 1. The van der Waals surface area contributed by atoms with E-state index >= 15 is 0 Å². The minimum absolute atomic E-state index is 0.0837. The molecule has 8 heteroatoms. The summed E-state index contributed by atoms with van der Waals surface area (Å²) < 4.78 is 30.4. The van der Waals surface area contributed by atoms with Crippen LogP contribution in [0.4, 0.5) is 4.79 Å². The van der Waals surface area contributed by atoms with Crippen molar-refractivity contribution in [3.8, 4) is 0 Å². The monoisotopic (exact) mass is 439 g/mol. The molecular weight excluding hydrogens is 413 g/mol. The first-order valence-electron chi connectivity index (χ1n) is 9.39. The Balaban J connectivity index is 2.26. The van der Waals surface area contributed by atoms with Crippen molar-refractivity contribution in [3.63, 3.8) is 0 Å². The molecule has 0 saturated heterocycles. The zero-order valence-corrected chi connectivity index (χ0v) is 18.7. The van der Waals surface area contributed by atoms with E-state index in [2.05, 4.69) is 5.32 Å². The Bertz CT molecular complexity index is 813. The van der Waals surface area contributed by atoms with Crippen molar-refractivity contribution in [2.24, 2.45) is 0 Å². The molecule has 1 unspecified atom stereocenters. The van der Waals surface area contributed by atoms with Crippen molar-refractivity contribution in [1.29, 1.82) is 0 Å². The molecule has 2 aromatic rings. The predicted octanol–water partition coefficient (Wildman–Crippen LogP) is 6.31. The molecular formula is C21H27ClNO5P. The summed E-state index contributed by atoms with van der Waals surface area (Å²) in [5.41, 5.74) is 1.38. The zero-order chi connectivity index (χ0) is 21.4. The summed E-state index contributed by atoms with van der Waals surface area (Å²) in [5.74, 6) is -1.05. The maximum Gasteiger partial charge on any atom is 0.408 e. The molecule has 1 N–H and O–H groups in total. The van der Waals surface area contributed by atoms with Gasteiger partial charge in [-0.25, -0.2) is 4.79 Å². The molecule has 2 aromatic carbocycles. The lowest BCUT2D eigenvalue weighted by Gasteiger charge is -2.30. The quantitative estimate of drug-likeness (QED) is 0.463. The number of hydrogen-bond donors (Lipinski definition) is 1. The van der Waals surface area contributed by atoms with E-state index in [1.54, 1.807) is 52.0 Å². The van der Waals surface area contributed by atoms with Crippen LogP contribution in [-0.2, 0) is 25.0 Å². The molecule has 158 valence electrons. The Morgan fingerprint density at radius 2 is 1.52 bits per heavy atom. The average molecular weight is 440 g/mol. The van der Waals surface area contributed by atoms with Crippen LogP contribution in [0.1, 0.15) is 44.6 Å². The molecule has 6 nitrogen and oxygen atoms in total. The highest BCUT2D eigenvalue weighted by molar-refractivity contribution is 7.54. The lowest BCUT2D eigenvalue weighted by Crippen LogP contribution is -2.31. The van der Waals surface area contributed by atoms with Gasteiger partial charge in [0.05, 0.1) is 12.2 Å². The molecule has 0 aliphatic carbocycles. The Morgan fingerprint density at radius 3 is 2.03 bits per heavy atom. The summed E-state index contributed by atoms with van der Waals surface area (Å²) in [6.07, 6.45) is -1.48. The fourth-order valence-electron chi connectivity index (χ4n) is 2.60. The van der Waals surface area contributed by atoms with Crippen LogP contribution < -0.4 is 5.32 Å². The lowest BCUT2D eigenvalue weighted by molar-refractivity contribution is 0.120. The molecule has 0 radical (unpaired) electrons. The number of rotatable bonds is 9. The third kappa shape index (κ3) is 7.48. The maximum atomic E-state index is 13.7. The minimum Gasteiger partial charge on any atom is -0.445 e. The Hall–Kier alpha value is -1.85. The summed E-state index contributed by atoms with van der Waals surface area (Å²) in [6, 6.07) is 15.9. The van der Waals surface area contributed by atoms with Crippen LogP contribution in [0.3, 0.4) is 0 Å². The Morgan fingerprint density at radius 1 is 0.966 bits per heavy atom. The zero-order valence-electron chi connectivity index (χ0n) is 17.0. The van der Waals surface area contributed by atoms with Crippen LogP contribution in [0.25, 0.3) is 0 Å². The predicted molar refractivity (Wildman–Crippen MR) is 114 cm³/mol. The van der Waals surface area contributed by atoms with Gasteiger partial charge in [-0.3, -0.25) is 4.57 Å². The van der Waals surface area contributed by atoms with Crippen LogP contribution in [0.5, 0.6) is 0 Å². The lowest BCUT2D eigenvalue weighted by atomic mass is 10.2. The van der Waals surface area contributed by atoms with Gasteiger partial charge in [-0.1, -0.05) is 54.1 Å². The normalized spacial score (nSPS) is 12.8. The standard InChI is InChI=1S/C21H27ClNO5P/c1-15(2)27-29(25,28-16(3)4)20(18-10-12-19(22)13-11-18)23-21(24)26-14-17-8-6-5-7-9-17/h5-13,15-16,20H,14H2,1-4H3,(H,23,24). The molecule has 0 aliphatic rings. The highest BCUT2D eigenvalue weighted by Crippen LogP contribution is 2.61. The minimum atomic E-state index is -3.78. The van der Waals surface area contributed by atoms with E-state index in [0.717, 1.165) is 5.56 Å². The Labute approximate surface area is 177 Å². The first-order valence-corrected chi connectivity index (χ1v) is 11.4. The van der Waals surface area contributed by atoms with Crippen LogP contribution >= 0.6 is 19.2 Å². The molecule has 1 atom stereocenters. The smallest absolute Gasteiger partial charge is 0.408 e. The summed E-state index contributed by atoms with van der Waals surface area (Å²) in [5, 5.41) is 3.17. The van der Waals surface area contributed by atoms with Crippen molar-refractivity contribution in [2.45, 2.75) is 52.3 Å². The van der Waals surface area contributed by atoms with Crippen molar-refractivity contribution in [2.75, 3.05) is 0 Å². The van der Waals surface area contributed by atoms with E-state index in [0.29, 0.717) is 10.6 Å². The average Bonchev–Trinajstić information content (AvgIpc) is 2.65. The van der Waals surface area contributed by atoms with Crippen molar-refractivity contribution >= 4 is 25.3 Å². The van der Waals surface area contributed by atoms with Gasteiger partial charge in [0.25, 0.3) is 0 Å². The van der Waals surface area contributed by atoms with Crippen molar-refractivity contribution in [1.82, 2.24) is 5.32 Å². The molecule has 0 heterocycles. The molecule has 1 amide bonds. The molecule has 0 bridgehead atoms. The van der Waals surface area contributed by atoms with Crippen LogP contribution in [-0.4, -0.2) is 18.3 Å². The number of carbonyl (C=O) groups is 1. The van der Waals surface area contributed by atoms with Crippen LogP contribution in [0, 0.1) is 0 Å². The number of nitrogens with one attached hydrogen (secondary N) is 1. The second-order valence-electron chi connectivity index (χ2n) is 7.01. The Kier molecular flexibility index (Phi) is 8.72. The van der Waals surface area contributed by atoms with Gasteiger partial charge in [-0.05, 0) is 51.0 Å². The maximum absolute atomic E-state index is 13.7. The van der Waals surface area contributed by atoms with Crippen molar-refractivity contribution < 1.29 is 23.1 Å². The molecule has 0 spiro atoms. The van der Waals surface area contributed by atoms with Gasteiger partial charge < -0.3 is 19.1 Å². The van der Waals surface area contributed by atoms with Gasteiger partial charge in [0.1, 0.15) is 6.61 Å². The number of ether oxygens (including phenoxy) is 1. The summed E-state index contributed by atoms with van der Waals surface area (Å²) >= 11 is 5.98. The number of alkyl carbamates (subject to hydrolysis) is 1. The first-order chi connectivity index (χ1) is 13.7. The molecule has 0 fully saturated rings. The topological polar surface area (TPSA) is 73.9 Å². The number of hydrogen-bond acceptors (Lipinski definition) is 5. The van der Waals surface area contributed by atoms with Crippen molar-refractivity contribution in [3.05, 3.63) is 70.7 Å². The molecule has 0 aromatic heterocycles. The first kappa shape index (κ1) is 23.4. The van der Waals surface area contributed by atoms with E-state index in [1.807, 2.05) is 30.3 Å². The highest BCUT2D eigenvalue weighted by atomic mass is 35.5. The fourth-order valence-corrected chi connectivity index (χ4v) is 5.00. The number of benzene rings is 2. The van der Waals surface area contributed by atoms with Gasteiger partial charge in [0.2, 0.25) is 0 Å². The van der Waals surface area contributed by atoms with Crippen LogP contribution in [0.2, 0.25) is 5.02 Å². The molecule has 0 saturated carbocycles. The van der Waals surface area contributed by atoms with E-state index < -0.39 is 19.5 Å². The fraction of sp³-hybridized carbons (Fsp3) is 0.381. The van der Waals surface area contributed by atoms with Gasteiger partial charge in [-0.15, -0.1) is 0 Å². The van der Waals surface area contributed by atoms with Crippen LogP contribution in [0.15, 0.2) is 54.6 Å². The summed E-state index contributed by atoms with van der Waals surface area (Å²) in [7, 11) is -3.78.